The molecule has 0 saturated heterocycles. The third-order valence-corrected chi connectivity index (χ3v) is 2.21. The summed E-state index contributed by atoms with van der Waals surface area (Å²) in [5, 5.41) is 2.50. The molecule has 8 nitrogen and oxygen atoms in total. The first-order chi connectivity index (χ1) is 9.65. The van der Waals surface area contributed by atoms with Gasteiger partial charge >= 0.3 is 12.1 Å². The molecule has 21 heavy (non-hydrogen) atoms. The molecule has 0 heterocycles. The van der Waals surface area contributed by atoms with Crippen molar-refractivity contribution in [3.8, 4) is 0 Å². The Bertz CT molecular complexity index is 373. The lowest BCUT2D eigenvalue weighted by atomic mass is 10.1. The number of esters is 1. The second-order valence-corrected chi connectivity index (χ2v) is 5.40. The zero-order valence-electron chi connectivity index (χ0n) is 13.1. The molecule has 0 spiro atoms. The van der Waals surface area contributed by atoms with Gasteiger partial charge in [-0.25, -0.2) is 9.59 Å². The Labute approximate surface area is 125 Å². The van der Waals surface area contributed by atoms with E-state index in [9.17, 15) is 9.59 Å². The summed E-state index contributed by atoms with van der Waals surface area (Å²) in [7, 11) is 0. The number of amides is 1. The Balaban J connectivity index is 4.49. The van der Waals surface area contributed by atoms with Crippen LogP contribution in [0.4, 0.5) is 4.79 Å². The average Bonchev–Trinajstić information content (AvgIpc) is 2.30. The molecule has 1 amide bonds. The quantitative estimate of drug-likeness (QED) is 0.272. The third-order valence-electron chi connectivity index (χ3n) is 2.21. The minimum atomic E-state index is -0.783. The van der Waals surface area contributed by atoms with E-state index in [0.717, 1.165) is 0 Å². The van der Waals surface area contributed by atoms with Crippen LogP contribution in [0.15, 0.2) is 4.99 Å². The lowest BCUT2D eigenvalue weighted by molar-refractivity contribution is -0.145. The monoisotopic (exact) mass is 302 g/mol. The van der Waals surface area contributed by atoms with Crippen molar-refractivity contribution in [2.24, 2.45) is 16.5 Å². The maximum atomic E-state index is 11.8. The van der Waals surface area contributed by atoms with Gasteiger partial charge in [-0.2, -0.15) is 0 Å². The summed E-state index contributed by atoms with van der Waals surface area (Å²) in [5.41, 5.74) is 9.79. The molecule has 0 rings (SSSR count). The highest BCUT2D eigenvalue weighted by Crippen LogP contribution is 2.08. The zero-order valence-corrected chi connectivity index (χ0v) is 13.1. The van der Waals surface area contributed by atoms with Crippen LogP contribution in [0.2, 0.25) is 0 Å². The van der Waals surface area contributed by atoms with E-state index in [1.807, 2.05) is 0 Å². The molecular weight excluding hydrogens is 276 g/mol. The van der Waals surface area contributed by atoms with E-state index < -0.39 is 23.7 Å². The highest BCUT2D eigenvalue weighted by atomic mass is 16.6. The van der Waals surface area contributed by atoms with Gasteiger partial charge in [-0.15, -0.1) is 0 Å². The molecule has 0 bridgehead atoms. The van der Waals surface area contributed by atoms with Crippen LogP contribution >= 0.6 is 0 Å². The lowest BCUT2D eigenvalue weighted by Gasteiger charge is -2.22. The van der Waals surface area contributed by atoms with Crippen molar-refractivity contribution in [3.05, 3.63) is 0 Å². The number of carbonyl (C=O) groups excluding carboxylic acids is 2. The number of guanidine groups is 1. The van der Waals surface area contributed by atoms with Crippen LogP contribution < -0.4 is 16.8 Å². The highest BCUT2D eigenvalue weighted by molar-refractivity contribution is 5.81. The van der Waals surface area contributed by atoms with Crippen molar-refractivity contribution >= 4 is 18.0 Å². The fourth-order valence-corrected chi connectivity index (χ4v) is 1.45. The largest absolute Gasteiger partial charge is 0.464 e. The minimum absolute atomic E-state index is 0.0113. The van der Waals surface area contributed by atoms with Gasteiger partial charge in [0.05, 0.1) is 6.61 Å². The predicted octanol–water partition coefficient (Wildman–Crippen LogP) is 0.496. The van der Waals surface area contributed by atoms with E-state index >= 15 is 0 Å². The molecule has 0 aromatic rings. The number of nitrogens with one attached hydrogen (secondary N) is 1. The van der Waals surface area contributed by atoms with Gasteiger partial charge in [0.15, 0.2) is 5.96 Å². The Morgan fingerprint density at radius 3 is 2.38 bits per heavy atom. The normalized spacial score (nSPS) is 12.2. The zero-order chi connectivity index (χ0) is 16.5. The van der Waals surface area contributed by atoms with E-state index in [4.69, 9.17) is 20.9 Å². The summed E-state index contributed by atoms with van der Waals surface area (Å²) in [5.74, 6) is -0.518. The van der Waals surface area contributed by atoms with Gasteiger partial charge in [-0.3, -0.25) is 4.99 Å². The van der Waals surface area contributed by atoms with Gasteiger partial charge in [0, 0.05) is 6.54 Å². The number of ether oxygens (including phenoxy) is 2. The topological polar surface area (TPSA) is 129 Å². The van der Waals surface area contributed by atoms with Gasteiger partial charge in [0.2, 0.25) is 0 Å². The number of aliphatic imine (C=N–C) groups is 1. The second kappa shape index (κ2) is 9.04. The van der Waals surface area contributed by atoms with Crippen molar-refractivity contribution in [1.29, 1.82) is 0 Å². The number of hydrogen-bond acceptors (Lipinski definition) is 5. The Kier molecular flexibility index (Phi) is 8.18. The van der Waals surface area contributed by atoms with Crippen molar-refractivity contribution in [2.45, 2.75) is 52.2 Å². The number of nitrogens with zero attached hydrogens (tertiary/aromatic N) is 1. The Morgan fingerprint density at radius 2 is 1.90 bits per heavy atom. The molecule has 0 aromatic heterocycles. The van der Waals surface area contributed by atoms with Crippen LogP contribution in [-0.4, -0.2) is 42.8 Å². The van der Waals surface area contributed by atoms with Crippen LogP contribution in [0.25, 0.3) is 0 Å². The lowest BCUT2D eigenvalue weighted by Crippen LogP contribution is -2.44. The van der Waals surface area contributed by atoms with Gasteiger partial charge in [-0.05, 0) is 40.5 Å². The Hall–Kier alpha value is -1.99. The van der Waals surface area contributed by atoms with Crippen molar-refractivity contribution < 1.29 is 19.1 Å². The number of rotatable bonds is 7. The maximum Gasteiger partial charge on any atom is 0.408 e. The molecule has 0 saturated carbocycles. The molecule has 0 aromatic carbocycles. The number of hydrogen-bond donors (Lipinski definition) is 3. The van der Waals surface area contributed by atoms with E-state index in [1.54, 1.807) is 27.7 Å². The molecule has 5 N–H and O–H groups in total. The number of carbonyl (C=O) groups is 2. The van der Waals surface area contributed by atoms with Crippen molar-refractivity contribution in [3.63, 3.8) is 0 Å². The SMILES string of the molecule is CCOC(=O)[C@@H](CCCN=C(N)N)NC(=O)OC(C)(C)C. The molecule has 8 heteroatoms. The first kappa shape index (κ1) is 19.0. The smallest absolute Gasteiger partial charge is 0.408 e. The van der Waals surface area contributed by atoms with E-state index in [1.165, 1.54) is 0 Å². The van der Waals surface area contributed by atoms with Gasteiger partial charge in [0.1, 0.15) is 11.6 Å². The summed E-state index contributed by atoms with van der Waals surface area (Å²) >= 11 is 0. The van der Waals surface area contributed by atoms with Gasteiger partial charge < -0.3 is 26.3 Å². The summed E-state index contributed by atoms with van der Waals surface area (Å²) in [6, 6.07) is -0.783. The molecule has 0 fully saturated rings. The summed E-state index contributed by atoms with van der Waals surface area (Å²) < 4.78 is 10.0. The van der Waals surface area contributed by atoms with Crippen LogP contribution in [0, 0.1) is 0 Å². The molecule has 0 aliphatic heterocycles. The Morgan fingerprint density at radius 1 is 1.29 bits per heavy atom. The van der Waals surface area contributed by atoms with Gasteiger partial charge in [-0.1, -0.05) is 0 Å². The fraction of sp³-hybridized carbons (Fsp3) is 0.769. The van der Waals surface area contributed by atoms with Gasteiger partial charge in [0.25, 0.3) is 0 Å². The highest BCUT2D eigenvalue weighted by Gasteiger charge is 2.24. The number of alkyl carbamates (subject to hydrolysis) is 1. The summed E-state index contributed by atoms with van der Waals surface area (Å²) in [4.78, 5) is 27.3. The summed E-state index contributed by atoms with van der Waals surface area (Å²) in [6.45, 7) is 7.52. The first-order valence-corrected chi connectivity index (χ1v) is 6.87. The molecule has 1 atom stereocenters. The van der Waals surface area contributed by atoms with E-state index in [0.29, 0.717) is 19.4 Å². The maximum absolute atomic E-state index is 11.8. The standard InChI is InChI=1S/C13H26N4O4/c1-5-20-10(18)9(7-6-8-16-11(14)15)17-12(19)21-13(2,3)4/h9H,5-8H2,1-4H3,(H,17,19)(H4,14,15,16)/t9-/m1/s1. The van der Waals surface area contributed by atoms with Crippen molar-refractivity contribution in [2.75, 3.05) is 13.2 Å². The third kappa shape index (κ3) is 10.5. The molecule has 122 valence electrons. The molecule has 0 unspecified atom stereocenters. The van der Waals surface area contributed by atoms with Crippen LogP contribution in [-0.2, 0) is 14.3 Å². The fourth-order valence-electron chi connectivity index (χ4n) is 1.45. The molecular formula is C13H26N4O4. The molecule has 0 aliphatic rings. The molecule has 0 aliphatic carbocycles. The average molecular weight is 302 g/mol. The number of nitrogens with two attached hydrogens (primary N) is 2. The first-order valence-electron chi connectivity index (χ1n) is 6.87. The predicted molar refractivity (Wildman–Crippen MR) is 79.7 cm³/mol. The second-order valence-electron chi connectivity index (χ2n) is 5.40. The van der Waals surface area contributed by atoms with Crippen LogP contribution in [0.5, 0.6) is 0 Å². The van der Waals surface area contributed by atoms with Crippen LogP contribution in [0.1, 0.15) is 40.5 Å². The van der Waals surface area contributed by atoms with E-state index in [-0.39, 0.29) is 12.6 Å². The van der Waals surface area contributed by atoms with Crippen molar-refractivity contribution in [1.82, 2.24) is 5.32 Å². The minimum Gasteiger partial charge on any atom is -0.464 e. The summed E-state index contributed by atoms with van der Waals surface area (Å²) in [6.07, 6.45) is 0.217. The van der Waals surface area contributed by atoms with Crippen LogP contribution in [0.3, 0.4) is 0 Å². The molecule has 0 radical (unpaired) electrons. The van der Waals surface area contributed by atoms with E-state index in [2.05, 4.69) is 10.3 Å².